The number of amides is 1. The number of carbonyl (C=O) groups excluding carboxylic acids is 1. The minimum atomic E-state index is -0.248. The van der Waals surface area contributed by atoms with Gasteiger partial charge in [-0.2, -0.15) is 0 Å². The maximum Gasteiger partial charge on any atom is 0.223 e. The summed E-state index contributed by atoms with van der Waals surface area (Å²) in [6.45, 7) is 1.88. The number of nitrogens with two attached hydrogens (primary N) is 1. The third-order valence-electron chi connectivity index (χ3n) is 4.16. The molecule has 3 unspecified atom stereocenters. The molecule has 1 aliphatic carbocycles. The zero-order valence-electron chi connectivity index (χ0n) is 12.7. The van der Waals surface area contributed by atoms with Crippen LogP contribution in [0.2, 0.25) is 0 Å². The van der Waals surface area contributed by atoms with Crippen molar-refractivity contribution in [2.24, 2.45) is 11.7 Å². The summed E-state index contributed by atoms with van der Waals surface area (Å²) < 4.78 is 5.77. The zero-order chi connectivity index (χ0) is 15.5. The van der Waals surface area contributed by atoms with Crippen LogP contribution in [0.4, 0.5) is 0 Å². The van der Waals surface area contributed by atoms with Crippen LogP contribution in [0, 0.1) is 5.92 Å². The summed E-state index contributed by atoms with van der Waals surface area (Å²) in [4.78, 5) is 16.5. The second-order valence-corrected chi connectivity index (χ2v) is 5.93. The molecule has 0 saturated heterocycles. The molecule has 5 heteroatoms. The van der Waals surface area contributed by atoms with Crippen molar-refractivity contribution in [3.05, 3.63) is 42.4 Å². The van der Waals surface area contributed by atoms with Crippen LogP contribution in [0.15, 0.2) is 40.9 Å². The molecule has 1 aliphatic rings. The van der Waals surface area contributed by atoms with E-state index in [4.69, 9.17) is 10.2 Å². The molecule has 2 aromatic rings. The van der Waals surface area contributed by atoms with Gasteiger partial charge in [0.05, 0.1) is 6.20 Å². The van der Waals surface area contributed by atoms with Crippen molar-refractivity contribution in [1.29, 1.82) is 0 Å². The van der Waals surface area contributed by atoms with Crippen LogP contribution >= 0.6 is 0 Å². The highest BCUT2D eigenvalue weighted by molar-refractivity contribution is 5.79. The third-order valence-corrected chi connectivity index (χ3v) is 4.16. The predicted octanol–water partition coefficient (Wildman–Crippen LogP) is 2.65. The Bertz CT molecular complexity index is 638. The quantitative estimate of drug-likeness (QED) is 0.909. The van der Waals surface area contributed by atoms with Gasteiger partial charge in [0, 0.05) is 17.5 Å². The van der Waals surface area contributed by atoms with E-state index in [9.17, 15) is 4.79 Å². The maximum absolute atomic E-state index is 12.2. The molecule has 1 saturated carbocycles. The van der Waals surface area contributed by atoms with Gasteiger partial charge < -0.3 is 15.5 Å². The minimum Gasteiger partial charge on any atom is -0.438 e. The Labute approximate surface area is 129 Å². The molecule has 1 heterocycles. The Morgan fingerprint density at radius 3 is 2.82 bits per heavy atom. The Morgan fingerprint density at radius 1 is 1.36 bits per heavy atom. The predicted molar refractivity (Wildman–Crippen MR) is 83.8 cm³/mol. The first kappa shape index (κ1) is 14.8. The van der Waals surface area contributed by atoms with Gasteiger partial charge in [0.2, 0.25) is 11.8 Å². The minimum absolute atomic E-state index is 0.0148. The normalized spacial score (nSPS) is 22.5. The number of nitrogens with zero attached hydrogens (tertiary/aromatic N) is 1. The van der Waals surface area contributed by atoms with E-state index in [1.807, 2.05) is 37.3 Å². The van der Waals surface area contributed by atoms with Crippen LogP contribution in [0.5, 0.6) is 0 Å². The Balaban J connectivity index is 1.64. The first-order valence-electron chi connectivity index (χ1n) is 7.70. The smallest absolute Gasteiger partial charge is 0.223 e. The average Bonchev–Trinajstić information content (AvgIpc) is 3.17. The van der Waals surface area contributed by atoms with Gasteiger partial charge in [0.1, 0.15) is 6.04 Å². The summed E-state index contributed by atoms with van der Waals surface area (Å²) in [6.07, 6.45) is 4.24. The van der Waals surface area contributed by atoms with Gasteiger partial charge in [0.25, 0.3) is 0 Å². The molecule has 1 aromatic carbocycles. The van der Waals surface area contributed by atoms with Gasteiger partial charge >= 0.3 is 0 Å². The monoisotopic (exact) mass is 299 g/mol. The Hall–Kier alpha value is -2.14. The van der Waals surface area contributed by atoms with Gasteiger partial charge in [-0.1, -0.05) is 30.3 Å². The molecule has 1 fully saturated rings. The van der Waals surface area contributed by atoms with Crippen molar-refractivity contribution in [3.63, 3.8) is 0 Å². The summed E-state index contributed by atoms with van der Waals surface area (Å²) in [6, 6.07) is 9.69. The molecule has 3 atom stereocenters. The second-order valence-electron chi connectivity index (χ2n) is 5.93. The van der Waals surface area contributed by atoms with E-state index in [1.165, 1.54) is 0 Å². The first-order valence-corrected chi connectivity index (χ1v) is 7.70. The lowest BCUT2D eigenvalue weighted by Gasteiger charge is -2.14. The average molecular weight is 299 g/mol. The molecule has 3 rings (SSSR count). The van der Waals surface area contributed by atoms with Crippen LogP contribution in [-0.2, 0) is 4.79 Å². The highest BCUT2D eigenvalue weighted by atomic mass is 16.4. The molecule has 0 radical (unpaired) electrons. The van der Waals surface area contributed by atoms with E-state index in [1.54, 1.807) is 6.20 Å². The summed E-state index contributed by atoms with van der Waals surface area (Å²) in [5.74, 6) is 1.29. The van der Waals surface area contributed by atoms with Crippen LogP contribution in [-0.4, -0.2) is 16.9 Å². The summed E-state index contributed by atoms with van der Waals surface area (Å²) >= 11 is 0. The fraction of sp³-hybridized carbons (Fsp3) is 0.412. The zero-order valence-corrected chi connectivity index (χ0v) is 12.7. The molecule has 0 aliphatic heterocycles. The third kappa shape index (κ3) is 3.20. The number of oxazole rings is 1. The number of nitrogens with one attached hydrogen (secondary N) is 1. The lowest BCUT2D eigenvalue weighted by Crippen LogP contribution is -2.32. The van der Waals surface area contributed by atoms with E-state index < -0.39 is 0 Å². The molecule has 3 N–H and O–H groups in total. The van der Waals surface area contributed by atoms with Crippen LogP contribution in [0.1, 0.15) is 38.1 Å². The highest BCUT2D eigenvalue weighted by Gasteiger charge is 2.29. The summed E-state index contributed by atoms with van der Waals surface area (Å²) in [7, 11) is 0. The van der Waals surface area contributed by atoms with Crippen LogP contribution in [0.3, 0.4) is 0 Å². The number of hydrogen-bond donors (Lipinski definition) is 2. The molecule has 0 bridgehead atoms. The fourth-order valence-corrected chi connectivity index (χ4v) is 2.87. The molecule has 0 spiro atoms. The van der Waals surface area contributed by atoms with Crippen molar-refractivity contribution >= 4 is 5.91 Å². The van der Waals surface area contributed by atoms with E-state index in [2.05, 4.69) is 10.3 Å². The molecule has 1 amide bonds. The van der Waals surface area contributed by atoms with Gasteiger partial charge in [-0.05, 0) is 26.2 Å². The van der Waals surface area contributed by atoms with E-state index in [-0.39, 0.29) is 23.9 Å². The number of benzene rings is 1. The van der Waals surface area contributed by atoms with Gasteiger partial charge in [-0.15, -0.1) is 0 Å². The lowest BCUT2D eigenvalue weighted by atomic mass is 10.1. The van der Waals surface area contributed by atoms with Gasteiger partial charge in [0.15, 0.2) is 5.76 Å². The molecular weight excluding hydrogens is 278 g/mol. The molecule has 1 aromatic heterocycles. The van der Waals surface area contributed by atoms with Crippen LogP contribution < -0.4 is 11.1 Å². The second kappa shape index (κ2) is 6.32. The Kier molecular flexibility index (Phi) is 4.24. The van der Waals surface area contributed by atoms with Crippen molar-refractivity contribution in [2.75, 3.05) is 0 Å². The number of aromatic nitrogens is 1. The standard InChI is InChI=1S/C17H21N3O2/c1-11(20-16(21)13-7-8-14(18)9-13)17-19-10-15(22-17)12-5-3-2-4-6-12/h2-6,10-11,13-14H,7-9,18H2,1H3,(H,20,21). The summed E-state index contributed by atoms with van der Waals surface area (Å²) in [5.41, 5.74) is 6.84. The molecular formula is C17H21N3O2. The largest absolute Gasteiger partial charge is 0.438 e. The van der Waals surface area contributed by atoms with E-state index >= 15 is 0 Å². The topological polar surface area (TPSA) is 81.2 Å². The summed E-state index contributed by atoms with van der Waals surface area (Å²) in [5, 5.41) is 2.97. The van der Waals surface area contributed by atoms with Crippen molar-refractivity contribution in [3.8, 4) is 11.3 Å². The number of carbonyl (C=O) groups is 1. The first-order chi connectivity index (χ1) is 10.6. The molecule has 22 heavy (non-hydrogen) atoms. The van der Waals surface area contributed by atoms with Crippen LogP contribution in [0.25, 0.3) is 11.3 Å². The molecule has 116 valence electrons. The van der Waals surface area contributed by atoms with Gasteiger partial charge in [-0.3, -0.25) is 4.79 Å². The van der Waals surface area contributed by atoms with E-state index in [0.29, 0.717) is 11.7 Å². The molecule has 5 nitrogen and oxygen atoms in total. The highest BCUT2D eigenvalue weighted by Crippen LogP contribution is 2.26. The van der Waals surface area contributed by atoms with Crippen molar-refractivity contribution < 1.29 is 9.21 Å². The van der Waals surface area contributed by atoms with E-state index in [0.717, 1.165) is 24.8 Å². The fourth-order valence-electron chi connectivity index (χ4n) is 2.87. The van der Waals surface area contributed by atoms with Crippen molar-refractivity contribution in [2.45, 2.75) is 38.3 Å². The van der Waals surface area contributed by atoms with Crippen molar-refractivity contribution in [1.82, 2.24) is 10.3 Å². The SMILES string of the molecule is CC(NC(=O)C1CCC(N)C1)c1ncc(-c2ccccc2)o1. The lowest BCUT2D eigenvalue weighted by molar-refractivity contribution is -0.125. The Morgan fingerprint density at radius 2 is 2.14 bits per heavy atom. The maximum atomic E-state index is 12.2. The number of rotatable bonds is 4. The number of hydrogen-bond acceptors (Lipinski definition) is 4. The van der Waals surface area contributed by atoms with Gasteiger partial charge in [-0.25, -0.2) is 4.98 Å².